The van der Waals surface area contributed by atoms with Gasteiger partial charge in [-0.25, -0.2) is 9.97 Å². The van der Waals surface area contributed by atoms with E-state index in [1.807, 2.05) is 44.3 Å². The van der Waals surface area contributed by atoms with Crippen LogP contribution < -0.4 is 4.74 Å². The minimum absolute atomic E-state index is 0.472. The number of aliphatic hydroxyl groups is 1. The Balaban J connectivity index is 1.69. The number of nitriles is 1. The summed E-state index contributed by atoms with van der Waals surface area (Å²) in [5, 5.41) is 23.3. The fraction of sp³-hybridized carbons (Fsp3) is 0.379. The van der Waals surface area contributed by atoms with Gasteiger partial charge in [0.25, 0.3) is 0 Å². The summed E-state index contributed by atoms with van der Waals surface area (Å²) in [6.45, 7) is 6.75. The number of nitrogens with zero attached hydrogens (tertiary/aromatic N) is 6. The van der Waals surface area contributed by atoms with Gasteiger partial charge in [-0.05, 0) is 62.5 Å². The lowest BCUT2D eigenvalue weighted by molar-refractivity contribution is 0.117. The molecule has 0 aliphatic carbocycles. The van der Waals surface area contributed by atoms with Gasteiger partial charge in [-0.3, -0.25) is 9.88 Å². The van der Waals surface area contributed by atoms with Gasteiger partial charge >= 0.3 is 0 Å². The van der Waals surface area contributed by atoms with Crippen molar-refractivity contribution in [1.82, 2.24) is 24.4 Å². The van der Waals surface area contributed by atoms with Crippen molar-refractivity contribution in [3.8, 4) is 11.9 Å². The van der Waals surface area contributed by atoms with E-state index in [9.17, 15) is 10.4 Å². The van der Waals surface area contributed by atoms with E-state index >= 15 is 0 Å². The van der Waals surface area contributed by atoms with Gasteiger partial charge in [0.1, 0.15) is 6.07 Å². The van der Waals surface area contributed by atoms with Gasteiger partial charge in [0, 0.05) is 42.0 Å². The van der Waals surface area contributed by atoms with E-state index in [-0.39, 0.29) is 0 Å². The predicted octanol–water partition coefficient (Wildman–Crippen LogP) is 4.07. The van der Waals surface area contributed by atoms with Crippen molar-refractivity contribution < 1.29 is 9.84 Å². The summed E-state index contributed by atoms with van der Waals surface area (Å²) < 4.78 is 7.45. The van der Waals surface area contributed by atoms with Gasteiger partial charge in [-0.15, -0.1) is 0 Å². The molecule has 1 aromatic carbocycles. The summed E-state index contributed by atoms with van der Waals surface area (Å²) in [6.07, 6.45) is 7.28. The van der Waals surface area contributed by atoms with Crippen LogP contribution in [0.2, 0.25) is 0 Å². The zero-order valence-corrected chi connectivity index (χ0v) is 21.8. The van der Waals surface area contributed by atoms with Gasteiger partial charge in [0.2, 0.25) is 5.88 Å². The average molecular weight is 497 g/mol. The van der Waals surface area contributed by atoms with E-state index in [1.165, 1.54) is 0 Å². The molecule has 1 aliphatic heterocycles. The third kappa shape index (κ3) is 4.45. The number of ether oxygens (including phenoxy) is 1. The molecule has 1 fully saturated rings. The zero-order chi connectivity index (χ0) is 26.2. The van der Waals surface area contributed by atoms with Crippen molar-refractivity contribution in [2.45, 2.75) is 38.8 Å². The van der Waals surface area contributed by atoms with Crippen molar-refractivity contribution >= 4 is 10.9 Å². The molecule has 1 aliphatic rings. The van der Waals surface area contributed by atoms with Crippen LogP contribution in [0, 0.1) is 24.2 Å². The molecule has 37 heavy (non-hydrogen) atoms. The summed E-state index contributed by atoms with van der Waals surface area (Å²) in [7, 11) is 3.44. The average Bonchev–Trinajstić information content (AvgIpc) is 3.35. The van der Waals surface area contributed by atoms with Gasteiger partial charge in [0.15, 0.2) is 5.60 Å². The van der Waals surface area contributed by atoms with Crippen LogP contribution >= 0.6 is 0 Å². The Hall–Kier alpha value is -3.80. The summed E-state index contributed by atoms with van der Waals surface area (Å²) in [6, 6.07) is 11.7. The molecule has 0 amide bonds. The lowest BCUT2D eigenvalue weighted by Gasteiger charge is -2.31. The number of rotatable bonds is 6. The van der Waals surface area contributed by atoms with Crippen LogP contribution in [0.1, 0.15) is 53.4 Å². The molecule has 1 saturated heterocycles. The lowest BCUT2D eigenvalue weighted by atomic mass is 9.83. The van der Waals surface area contributed by atoms with Crippen LogP contribution in [-0.4, -0.2) is 49.7 Å². The Kier molecular flexibility index (Phi) is 6.67. The van der Waals surface area contributed by atoms with E-state index in [1.54, 1.807) is 30.4 Å². The number of hydrogen-bond acceptors (Lipinski definition) is 7. The number of methoxy groups -OCH3 is 1. The highest BCUT2D eigenvalue weighted by atomic mass is 16.5. The van der Waals surface area contributed by atoms with Crippen LogP contribution in [0.25, 0.3) is 10.9 Å². The number of fused-ring (bicyclic) bond motifs is 1. The van der Waals surface area contributed by atoms with Crippen LogP contribution in [-0.2, 0) is 19.2 Å². The van der Waals surface area contributed by atoms with E-state index in [0.29, 0.717) is 51.6 Å². The highest BCUT2D eigenvalue weighted by Crippen LogP contribution is 2.39. The standard InChI is InChI=1S/C29H32N6O2/c1-19-9-11-35(12-10-19)17-25-24(14-30)23-13-21(7-8-26(23)33-28(25)37-4)29(36,27-16-31-18-34(27)3)22-6-5-20(2)32-15-22/h5-8,13,15-16,18-19,36H,9-12,17H2,1-4H3. The van der Waals surface area contributed by atoms with E-state index in [2.05, 4.69) is 27.9 Å². The van der Waals surface area contributed by atoms with E-state index in [0.717, 1.165) is 37.2 Å². The van der Waals surface area contributed by atoms with Gasteiger partial charge in [-0.1, -0.05) is 19.1 Å². The lowest BCUT2D eigenvalue weighted by Crippen LogP contribution is -2.33. The first-order valence-corrected chi connectivity index (χ1v) is 12.6. The molecule has 8 heteroatoms. The quantitative estimate of drug-likeness (QED) is 0.429. The van der Waals surface area contributed by atoms with Crippen molar-refractivity contribution in [3.63, 3.8) is 0 Å². The second kappa shape index (κ2) is 9.92. The number of piperidine rings is 1. The van der Waals surface area contributed by atoms with Gasteiger partial charge < -0.3 is 14.4 Å². The maximum Gasteiger partial charge on any atom is 0.219 e. The Morgan fingerprint density at radius 3 is 2.54 bits per heavy atom. The SMILES string of the molecule is COc1nc2ccc(C(O)(c3ccc(C)nc3)c3cncn3C)cc2c(C#N)c1CN1CCC(C)CC1. The minimum atomic E-state index is -1.53. The first-order chi connectivity index (χ1) is 17.8. The number of pyridine rings is 2. The summed E-state index contributed by atoms with van der Waals surface area (Å²) in [5.74, 6) is 1.19. The number of imidazole rings is 1. The van der Waals surface area contributed by atoms with Crippen LogP contribution in [0.15, 0.2) is 49.1 Å². The van der Waals surface area contributed by atoms with Crippen molar-refractivity contribution in [3.05, 3.63) is 82.7 Å². The number of likely N-dealkylation sites (tertiary alicyclic amines) is 1. The van der Waals surface area contributed by atoms with Crippen molar-refractivity contribution in [1.29, 1.82) is 5.26 Å². The Labute approximate surface area is 217 Å². The number of aryl methyl sites for hydroxylation is 2. The summed E-state index contributed by atoms with van der Waals surface area (Å²) >= 11 is 0. The molecule has 0 spiro atoms. The molecule has 0 saturated carbocycles. The molecular formula is C29H32N6O2. The number of benzene rings is 1. The molecule has 1 atom stereocenters. The Morgan fingerprint density at radius 1 is 1.16 bits per heavy atom. The monoisotopic (exact) mass is 496 g/mol. The smallest absolute Gasteiger partial charge is 0.219 e. The number of aromatic nitrogens is 4. The van der Waals surface area contributed by atoms with Crippen LogP contribution in [0.4, 0.5) is 0 Å². The minimum Gasteiger partial charge on any atom is -0.481 e. The zero-order valence-electron chi connectivity index (χ0n) is 21.8. The Bertz CT molecular complexity index is 1460. The molecule has 1 unspecified atom stereocenters. The van der Waals surface area contributed by atoms with E-state index < -0.39 is 5.60 Å². The largest absolute Gasteiger partial charge is 0.481 e. The van der Waals surface area contributed by atoms with Crippen molar-refractivity contribution in [2.24, 2.45) is 13.0 Å². The summed E-state index contributed by atoms with van der Waals surface area (Å²) in [5.41, 5.74) is 3.09. The van der Waals surface area contributed by atoms with Gasteiger partial charge in [0.05, 0.1) is 36.4 Å². The predicted molar refractivity (Wildman–Crippen MR) is 141 cm³/mol. The molecule has 190 valence electrons. The molecule has 8 nitrogen and oxygen atoms in total. The highest BCUT2D eigenvalue weighted by Gasteiger charge is 2.37. The number of hydrogen-bond donors (Lipinski definition) is 1. The molecule has 4 heterocycles. The molecular weight excluding hydrogens is 464 g/mol. The second-order valence-corrected chi connectivity index (χ2v) is 10.1. The van der Waals surface area contributed by atoms with E-state index in [4.69, 9.17) is 9.72 Å². The maximum absolute atomic E-state index is 12.3. The normalized spacial score (nSPS) is 16.4. The first-order valence-electron chi connectivity index (χ1n) is 12.6. The fourth-order valence-corrected chi connectivity index (χ4v) is 5.24. The molecule has 1 N–H and O–H groups in total. The molecule has 4 aromatic rings. The second-order valence-electron chi connectivity index (χ2n) is 10.1. The first kappa shape index (κ1) is 24.9. The third-order valence-corrected chi connectivity index (χ3v) is 7.55. The van der Waals surface area contributed by atoms with Crippen LogP contribution in [0.5, 0.6) is 5.88 Å². The molecule has 0 bridgehead atoms. The Morgan fingerprint density at radius 2 is 1.92 bits per heavy atom. The molecule has 5 rings (SSSR count). The van der Waals surface area contributed by atoms with Crippen LogP contribution in [0.3, 0.4) is 0 Å². The van der Waals surface area contributed by atoms with Crippen molar-refractivity contribution in [2.75, 3.05) is 20.2 Å². The highest BCUT2D eigenvalue weighted by molar-refractivity contribution is 5.88. The third-order valence-electron chi connectivity index (χ3n) is 7.55. The topological polar surface area (TPSA) is 100 Å². The summed E-state index contributed by atoms with van der Waals surface area (Å²) in [4.78, 5) is 15.8. The van der Waals surface area contributed by atoms with Gasteiger partial charge in [-0.2, -0.15) is 5.26 Å². The molecule has 3 aromatic heterocycles. The fourth-order valence-electron chi connectivity index (χ4n) is 5.24. The maximum atomic E-state index is 12.3. The molecule has 0 radical (unpaired) electrons.